The van der Waals surface area contributed by atoms with E-state index in [1.165, 1.54) is 11.1 Å². The number of nitrogens with one attached hydrogen (secondary N) is 1. The van der Waals surface area contributed by atoms with Crippen LogP contribution in [0.25, 0.3) is 0 Å². The lowest BCUT2D eigenvalue weighted by molar-refractivity contribution is 0.161. The van der Waals surface area contributed by atoms with Crippen LogP contribution in [-0.2, 0) is 6.42 Å². The summed E-state index contributed by atoms with van der Waals surface area (Å²) in [6.07, 6.45) is 9.91. The molecule has 0 heterocycles. The number of benzene rings is 1. The number of hydrogen-bond acceptors (Lipinski definition) is 2. The average molecular weight is 314 g/mol. The van der Waals surface area contributed by atoms with Gasteiger partial charge in [-0.15, -0.1) is 0 Å². The van der Waals surface area contributed by atoms with Gasteiger partial charge >= 0.3 is 6.03 Å². The number of allylic oxidation sites excluding steroid dienone is 1. The summed E-state index contributed by atoms with van der Waals surface area (Å²) >= 11 is 0. The molecule has 4 nitrogen and oxygen atoms in total. The van der Waals surface area contributed by atoms with Gasteiger partial charge in [0.25, 0.3) is 0 Å². The number of fused-ring (bicyclic) bond motifs is 1. The van der Waals surface area contributed by atoms with Gasteiger partial charge in [0.15, 0.2) is 0 Å². The van der Waals surface area contributed by atoms with E-state index in [0.29, 0.717) is 13.0 Å². The van der Waals surface area contributed by atoms with Gasteiger partial charge in [-0.1, -0.05) is 36.4 Å². The Morgan fingerprint density at radius 1 is 1.26 bits per heavy atom. The predicted molar refractivity (Wildman–Crippen MR) is 91.2 cm³/mol. The van der Waals surface area contributed by atoms with E-state index < -0.39 is 0 Å². The highest BCUT2D eigenvalue weighted by atomic mass is 16.3. The molecule has 1 aromatic rings. The summed E-state index contributed by atoms with van der Waals surface area (Å²) in [7, 11) is 0. The molecule has 2 aliphatic rings. The fraction of sp³-hybridized carbons (Fsp3) is 0.526. The molecule has 23 heavy (non-hydrogen) atoms. The summed E-state index contributed by atoms with van der Waals surface area (Å²) in [5, 5.41) is 12.4. The number of aryl methyl sites for hydroxylation is 1. The number of carbonyl (C=O) groups excluding carboxylic acids is 1. The Morgan fingerprint density at radius 2 is 2.13 bits per heavy atom. The van der Waals surface area contributed by atoms with Gasteiger partial charge in [-0.25, -0.2) is 4.79 Å². The highest BCUT2D eigenvalue weighted by Gasteiger charge is 2.31. The van der Waals surface area contributed by atoms with Crippen LogP contribution in [0.5, 0.6) is 0 Å². The van der Waals surface area contributed by atoms with Crippen LogP contribution in [-0.4, -0.2) is 35.2 Å². The minimum absolute atomic E-state index is 0.0143. The first kappa shape index (κ1) is 16.1. The van der Waals surface area contributed by atoms with E-state index in [-0.39, 0.29) is 24.7 Å². The molecule has 0 radical (unpaired) electrons. The molecule has 0 unspecified atom stereocenters. The molecular formula is C19H26N2O2. The summed E-state index contributed by atoms with van der Waals surface area (Å²) in [5.74, 6) is 0. The first-order valence-electron chi connectivity index (χ1n) is 8.70. The highest BCUT2D eigenvalue weighted by molar-refractivity contribution is 5.75. The monoisotopic (exact) mass is 314 g/mol. The molecular weight excluding hydrogens is 288 g/mol. The molecule has 2 aliphatic carbocycles. The van der Waals surface area contributed by atoms with E-state index in [2.05, 4.69) is 35.7 Å². The lowest BCUT2D eigenvalue weighted by Crippen LogP contribution is -2.46. The molecule has 3 rings (SSSR count). The SMILES string of the molecule is O=C(N[C@H]1CC=CCC1)N(CCCO)[C@@H]1CCc2ccccc21. The Hall–Kier alpha value is -1.81. The van der Waals surface area contributed by atoms with Gasteiger partial charge in [0.2, 0.25) is 0 Å². The molecule has 2 atom stereocenters. The van der Waals surface area contributed by atoms with Crippen molar-refractivity contribution in [3.8, 4) is 0 Å². The number of rotatable bonds is 5. The van der Waals surface area contributed by atoms with Crippen molar-refractivity contribution in [1.82, 2.24) is 10.2 Å². The summed E-state index contributed by atoms with van der Waals surface area (Å²) in [4.78, 5) is 14.8. The standard InChI is InChI=1S/C19H26N2O2/c22-14-6-13-21(19(23)20-16-8-2-1-3-9-16)18-12-11-15-7-4-5-10-17(15)18/h1-2,4-5,7,10,16,18,22H,3,6,8-9,11-14H2,(H,20,23)/t16-,18+/m0/s1. The zero-order chi connectivity index (χ0) is 16.1. The summed E-state index contributed by atoms with van der Waals surface area (Å²) in [6, 6.07) is 8.79. The van der Waals surface area contributed by atoms with Gasteiger partial charge in [-0.3, -0.25) is 0 Å². The first-order chi connectivity index (χ1) is 11.3. The second-order valence-corrected chi connectivity index (χ2v) is 6.45. The third kappa shape index (κ3) is 3.75. The molecule has 2 N–H and O–H groups in total. The van der Waals surface area contributed by atoms with Crippen LogP contribution in [0.3, 0.4) is 0 Å². The molecule has 1 aromatic carbocycles. The summed E-state index contributed by atoms with van der Waals surface area (Å²) in [5.41, 5.74) is 2.61. The van der Waals surface area contributed by atoms with Crippen molar-refractivity contribution < 1.29 is 9.90 Å². The molecule has 2 amide bonds. The number of hydrogen-bond donors (Lipinski definition) is 2. The van der Waals surface area contributed by atoms with Gasteiger partial charge in [0, 0.05) is 19.2 Å². The Balaban J connectivity index is 1.72. The van der Waals surface area contributed by atoms with Crippen LogP contribution in [0.15, 0.2) is 36.4 Å². The quantitative estimate of drug-likeness (QED) is 0.820. The number of carbonyl (C=O) groups is 1. The summed E-state index contributed by atoms with van der Waals surface area (Å²) < 4.78 is 0. The second-order valence-electron chi connectivity index (χ2n) is 6.45. The van der Waals surface area contributed by atoms with E-state index in [9.17, 15) is 9.90 Å². The molecule has 0 bridgehead atoms. The lowest BCUT2D eigenvalue weighted by atomic mass is 10.0. The van der Waals surface area contributed by atoms with Crippen molar-refractivity contribution in [2.24, 2.45) is 0 Å². The molecule has 0 spiro atoms. The molecule has 0 fully saturated rings. The van der Waals surface area contributed by atoms with E-state index >= 15 is 0 Å². The maximum atomic E-state index is 12.8. The molecule has 0 saturated heterocycles. The van der Waals surface area contributed by atoms with E-state index in [0.717, 1.165) is 32.1 Å². The third-order valence-corrected chi connectivity index (χ3v) is 4.89. The molecule has 0 aromatic heterocycles. The number of aliphatic hydroxyl groups excluding tert-OH is 1. The predicted octanol–water partition coefficient (Wildman–Crippen LogP) is 3.18. The minimum Gasteiger partial charge on any atom is -0.396 e. The highest BCUT2D eigenvalue weighted by Crippen LogP contribution is 2.35. The molecule has 4 heteroatoms. The van der Waals surface area contributed by atoms with Crippen molar-refractivity contribution in [3.63, 3.8) is 0 Å². The maximum Gasteiger partial charge on any atom is 0.318 e. The van der Waals surface area contributed by atoms with Gasteiger partial charge in [-0.05, 0) is 49.7 Å². The normalized spacial score (nSPS) is 22.7. The summed E-state index contributed by atoms with van der Waals surface area (Å²) in [6.45, 7) is 0.716. The van der Waals surface area contributed by atoms with E-state index in [1.807, 2.05) is 11.0 Å². The molecule has 0 saturated carbocycles. The zero-order valence-electron chi connectivity index (χ0n) is 13.6. The second kappa shape index (κ2) is 7.64. The number of nitrogens with zero attached hydrogens (tertiary/aromatic N) is 1. The van der Waals surface area contributed by atoms with Gasteiger partial charge in [-0.2, -0.15) is 0 Å². The zero-order valence-corrected chi connectivity index (χ0v) is 13.6. The van der Waals surface area contributed by atoms with Crippen LogP contribution in [0.4, 0.5) is 4.79 Å². The van der Waals surface area contributed by atoms with Gasteiger partial charge in [0.05, 0.1) is 6.04 Å². The third-order valence-electron chi connectivity index (χ3n) is 4.89. The van der Waals surface area contributed by atoms with Crippen molar-refractivity contribution >= 4 is 6.03 Å². The van der Waals surface area contributed by atoms with E-state index in [4.69, 9.17) is 0 Å². The largest absolute Gasteiger partial charge is 0.396 e. The Morgan fingerprint density at radius 3 is 2.91 bits per heavy atom. The van der Waals surface area contributed by atoms with Gasteiger partial charge in [0.1, 0.15) is 0 Å². The van der Waals surface area contributed by atoms with Crippen LogP contribution in [0.2, 0.25) is 0 Å². The average Bonchev–Trinajstić information content (AvgIpc) is 3.00. The topological polar surface area (TPSA) is 52.6 Å². The van der Waals surface area contributed by atoms with Crippen LogP contribution < -0.4 is 5.32 Å². The fourth-order valence-corrected chi connectivity index (χ4v) is 3.68. The van der Waals surface area contributed by atoms with Crippen LogP contribution in [0, 0.1) is 0 Å². The maximum absolute atomic E-state index is 12.8. The van der Waals surface area contributed by atoms with Crippen molar-refractivity contribution in [1.29, 1.82) is 0 Å². The van der Waals surface area contributed by atoms with E-state index in [1.54, 1.807) is 0 Å². The van der Waals surface area contributed by atoms with Crippen molar-refractivity contribution in [2.45, 2.75) is 50.6 Å². The Bertz CT molecular complexity index is 570. The van der Waals surface area contributed by atoms with Crippen LogP contribution in [0.1, 0.15) is 49.3 Å². The minimum atomic E-state index is 0.0143. The lowest BCUT2D eigenvalue weighted by Gasteiger charge is -2.32. The number of aliphatic hydroxyl groups is 1. The fourth-order valence-electron chi connectivity index (χ4n) is 3.68. The van der Waals surface area contributed by atoms with Crippen molar-refractivity contribution in [3.05, 3.63) is 47.5 Å². The number of amides is 2. The van der Waals surface area contributed by atoms with Crippen LogP contribution >= 0.6 is 0 Å². The number of urea groups is 1. The van der Waals surface area contributed by atoms with Crippen molar-refractivity contribution in [2.75, 3.05) is 13.2 Å². The Kier molecular flexibility index (Phi) is 5.34. The van der Waals surface area contributed by atoms with Gasteiger partial charge < -0.3 is 15.3 Å². The smallest absolute Gasteiger partial charge is 0.318 e. The molecule has 124 valence electrons. The molecule has 0 aliphatic heterocycles. The Labute approximate surface area is 138 Å². The first-order valence-corrected chi connectivity index (χ1v) is 8.70.